The van der Waals surface area contributed by atoms with Crippen LogP contribution in [0.3, 0.4) is 0 Å². The zero-order valence-electron chi connectivity index (χ0n) is 10.7. The van der Waals surface area contributed by atoms with E-state index in [1.807, 2.05) is 42.5 Å². The lowest BCUT2D eigenvalue weighted by atomic mass is 10.1. The fourth-order valence-electron chi connectivity index (χ4n) is 2.06. The smallest absolute Gasteiger partial charge is 0.310 e. The number of furan rings is 1. The molecule has 0 spiro atoms. The van der Waals surface area contributed by atoms with Crippen molar-refractivity contribution >= 4 is 16.7 Å². The first-order valence-electron chi connectivity index (χ1n) is 6.27. The standard InChI is InChI=1S/C16H13NO3/c18-16(15-9-4-10-19-15)17-20-11-13-7-3-6-12-5-1-2-8-14(12)13/h1-10H,11H2,(H,17,18). The average molecular weight is 267 g/mol. The maximum atomic E-state index is 11.6. The van der Waals surface area contributed by atoms with Crippen LogP contribution in [-0.2, 0) is 11.4 Å². The predicted molar refractivity (Wildman–Crippen MR) is 74.9 cm³/mol. The number of nitrogens with one attached hydrogen (secondary N) is 1. The van der Waals surface area contributed by atoms with E-state index >= 15 is 0 Å². The summed E-state index contributed by atoms with van der Waals surface area (Å²) in [6, 6.07) is 17.3. The van der Waals surface area contributed by atoms with Crippen LogP contribution in [0.25, 0.3) is 10.8 Å². The summed E-state index contributed by atoms with van der Waals surface area (Å²) in [4.78, 5) is 16.9. The number of amides is 1. The molecule has 20 heavy (non-hydrogen) atoms. The number of fused-ring (bicyclic) bond motifs is 1. The molecule has 0 aliphatic rings. The molecule has 0 unspecified atom stereocenters. The van der Waals surface area contributed by atoms with E-state index < -0.39 is 5.91 Å². The second-order valence-corrected chi connectivity index (χ2v) is 4.34. The summed E-state index contributed by atoms with van der Waals surface area (Å²) < 4.78 is 4.98. The Bertz CT molecular complexity index is 714. The minimum Gasteiger partial charge on any atom is -0.459 e. The van der Waals surface area contributed by atoms with E-state index in [-0.39, 0.29) is 5.76 Å². The minimum atomic E-state index is -0.393. The molecule has 0 fully saturated rings. The molecule has 0 radical (unpaired) electrons. The third-order valence-corrected chi connectivity index (χ3v) is 3.02. The molecule has 4 nitrogen and oxygen atoms in total. The summed E-state index contributed by atoms with van der Waals surface area (Å²) >= 11 is 0. The number of rotatable bonds is 4. The summed E-state index contributed by atoms with van der Waals surface area (Å²) in [5, 5.41) is 2.26. The summed E-state index contributed by atoms with van der Waals surface area (Å²) in [7, 11) is 0. The van der Waals surface area contributed by atoms with Gasteiger partial charge in [-0.2, -0.15) is 0 Å². The number of benzene rings is 2. The van der Waals surface area contributed by atoms with Crippen LogP contribution >= 0.6 is 0 Å². The molecule has 2 aromatic carbocycles. The van der Waals surface area contributed by atoms with Crippen molar-refractivity contribution < 1.29 is 14.0 Å². The van der Waals surface area contributed by atoms with Gasteiger partial charge in [-0.05, 0) is 28.5 Å². The van der Waals surface area contributed by atoms with Crippen LogP contribution in [0.15, 0.2) is 65.3 Å². The Morgan fingerprint density at radius 2 is 1.90 bits per heavy atom. The Balaban J connectivity index is 1.67. The summed E-state index contributed by atoms with van der Waals surface area (Å²) in [6.07, 6.45) is 1.44. The Morgan fingerprint density at radius 1 is 1.05 bits per heavy atom. The van der Waals surface area contributed by atoms with E-state index in [1.54, 1.807) is 12.1 Å². The molecule has 3 aromatic rings. The van der Waals surface area contributed by atoms with E-state index in [9.17, 15) is 4.79 Å². The van der Waals surface area contributed by atoms with E-state index in [0.29, 0.717) is 6.61 Å². The molecular formula is C16H13NO3. The maximum absolute atomic E-state index is 11.6. The van der Waals surface area contributed by atoms with Gasteiger partial charge in [0, 0.05) is 0 Å². The van der Waals surface area contributed by atoms with Crippen LogP contribution in [0.1, 0.15) is 16.1 Å². The van der Waals surface area contributed by atoms with Crippen molar-refractivity contribution in [1.82, 2.24) is 5.48 Å². The van der Waals surface area contributed by atoms with Gasteiger partial charge in [-0.25, -0.2) is 5.48 Å². The van der Waals surface area contributed by atoms with Crippen molar-refractivity contribution in [3.8, 4) is 0 Å². The van der Waals surface area contributed by atoms with Crippen LogP contribution in [0.5, 0.6) is 0 Å². The molecule has 1 aromatic heterocycles. The van der Waals surface area contributed by atoms with E-state index in [4.69, 9.17) is 9.25 Å². The number of carbonyl (C=O) groups excluding carboxylic acids is 1. The van der Waals surface area contributed by atoms with Gasteiger partial charge >= 0.3 is 5.91 Å². The first-order valence-corrected chi connectivity index (χ1v) is 6.27. The van der Waals surface area contributed by atoms with Crippen LogP contribution in [-0.4, -0.2) is 5.91 Å². The molecule has 0 aliphatic carbocycles. The molecule has 1 heterocycles. The highest BCUT2D eigenvalue weighted by molar-refractivity contribution is 5.90. The van der Waals surface area contributed by atoms with Crippen LogP contribution in [0, 0.1) is 0 Å². The normalized spacial score (nSPS) is 10.6. The van der Waals surface area contributed by atoms with E-state index in [2.05, 4.69) is 5.48 Å². The second-order valence-electron chi connectivity index (χ2n) is 4.34. The van der Waals surface area contributed by atoms with Crippen molar-refractivity contribution in [2.45, 2.75) is 6.61 Å². The minimum absolute atomic E-state index is 0.225. The van der Waals surface area contributed by atoms with Gasteiger partial charge in [0.2, 0.25) is 0 Å². The van der Waals surface area contributed by atoms with Crippen molar-refractivity contribution in [2.24, 2.45) is 0 Å². The number of hydroxylamine groups is 1. The molecule has 0 saturated heterocycles. The quantitative estimate of drug-likeness (QED) is 0.738. The number of hydrogen-bond donors (Lipinski definition) is 1. The Morgan fingerprint density at radius 3 is 2.75 bits per heavy atom. The van der Waals surface area contributed by atoms with Crippen molar-refractivity contribution in [3.63, 3.8) is 0 Å². The Hall–Kier alpha value is -2.59. The zero-order valence-corrected chi connectivity index (χ0v) is 10.7. The molecule has 1 amide bonds. The van der Waals surface area contributed by atoms with Gasteiger partial charge in [-0.3, -0.25) is 9.63 Å². The van der Waals surface area contributed by atoms with Gasteiger partial charge in [0.05, 0.1) is 6.26 Å². The van der Waals surface area contributed by atoms with Gasteiger partial charge in [-0.1, -0.05) is 42.5 Å². The highest BCUT2D eigenvalue weighted by Crippen LogP contribution is 2.18. The molecular weight excluding hydrogens is 254 g/mol. The molecule has 3 rings (SSSR count). The highest BCUT2D eigenvalue weighted by atomic mass is 16.7. The first-order chi connectivity index (χ1) is 9.84. The molecule has 0 saturated carbocycles. The fraction of sp³-hybridized carbons (Fsp3) is 0.0625. The lowest BCUT2D eigenvalue weighted by molar-refractivity contribution is 0.0216. The second kappa shape index (κ2) is 5.59. The van der Waals surface area contributed by atoms with E-state index in [0.717, 1.165) is 16.3 Å². The Kier molecular flexibility index (Phi) is 3.48. The summed E-state index contributed by atoms with van der Waals surface area (Å²) in [6.45, 7) is 0.299. The van der Waals surface area contributed by atoms with Crippen molar-refractivity contribution in [1.29, 1.82) is 0 Å². The third-order valence-electron chi connectivity index (χ3n) is 3.02. The SMILES string of the molecule is O=C(NOCc1cccc2ccccc12)c1ccco1. The van der Waals surface area contributed by atoms with Crippen LogP contribution < -0.4 is 5.48 Å². The van der Waals surface area contributed by atoms with Gasteiger partial charge in [0.25, 0.3) is 0 Å². The molecule has 100 valence electrons. The van der Waals surface area contributed by atoms with Crippen molar-refractivity contribution in [2.75, 3.05) is 0 Å². The van der Waals surface area contributed by atoms with Gasteiger partial charge < -0.3 is 4.42 Å². The van der Waals surface area contributed by atoms with Gasteiger partial charge in [-0.15, -0.1) is 0 Å². The average Bonchev–Trinajstić information content (AvgIpc) is 3.02. The molecule has 0 aliphatic heterocycles. The monoisotopic (exact) mass is 267 g/mol. The predicted octanol–water partition coefficient (Wildman–Crippen LogP) is 3.29. The molecule has 0 atom stereocenters. The van der Waals surface area contributed by atoms with Crippen LogP contribution in [0.2, 0.25) is 0 Å². The maximum Gasteiger partial charge on any atom is 0.310 e. The topological polar surface area (TPSA) is 51.5 Å². The zero-order chi connectivity index (χ0) is 13.8. The number of hydrogen-bond acceptors (Lipinski definition) is 3. The lowest BCUT2D eigenvalue weighted by Gasteiger charge is -2.07. The largest absolute Gasteiger partial charge is 0.459 e. The Labute approximate surface area is 115 Å². The number of carbonyl (C=O) groups is 1. The first kappa shape index (κ1) is 12.4. The highest BCUT2D eigenvalue weighted by Gasteiger charge is 2.08. The van der Waals surface area contributed by atoms with Crippen LogP contribution in [0.4, 0.5) is 0 Å². The lowest BCUT2D eigenvalue weighted by Crippen LogP contribution is -2.23. The van der Waals surface area contributed by atoms with Gasteiger partial charge in [0.1, 0.15) is 6.61 Å². The summed E-state index contributed by atoms with van der Waals surface area (Å²) in [5.41, 5.74) is 3.38. The third kappa shape index (κ3) is 2.55. The van der Waals surface area contributed by atoms with Crippen molar-refractivity contribution in [3.05, 3.63) is 72.2 Å². The molecule has 1 N–H and O–H groups in total. The fourth-order valence-corrected chi connectivity index (χ4v) is 2.06. The molecule has 4 heteroatoms. The van der Waals surface area contributed by atoms with Gasteiger partial charge in [0.15, 0.2) is 5.76 Å². The van der Waals surface area contributed by atoms with E-state index in [1.165, 1.54) is 6.26 Å². The molecule has 0 bridgehead atoms. The summed E-state index contributed by atoms with van der Waals surface area (Å²) in [5.74, 6) is -0.168.